The summed E-state index contributed by atoms with van der Waals surface area (Å²) in [6, 6.07) is 6.80. The van der Waals surface area contributed by atoms with Crippen LogP contribution in [0, 0.1) is 5.92 Å². The Hall–Kier alpha value is -2.49. The molecule has 1 atom stereocenters. The maximum Gasteiger partial charge on any atom is 0.260 e. The summed E-state index contributed by atoms with van der Waals surface area (Å²) in [5, 5.41) is 11.0. The van der Waals surface area contributed by atoms with E-state index in [1.807, 2.05) is 19.9 Å². The van der Waals surface area contributed by atoms with E-state index in [1.165, 1.54) is 11.0 Å². The smallest absolute Gasteiger partial charge is 0.260 e. The Morgan fingerprint density at radius 2 is 2.22 bits per heavy atom. The van der Waals surface area contributed by atoms with Crippen molar-refractivity contribution in [2.75, 3.05) is 24.7 Å². The molecule has 0 spiro atoms. The molecule has 0 bridgehead atoms. The molecule has 1 aromatic carbocycles. The Kier molecular flexibility index (Phi) is 5.73. The number of benzene rings is 1. The fraction of sp³-hybridized carbons (Fsp3) is 0.529. The molecule has 0 aliphatic carbocycles. The number of carbonyl (C=O) groups is 1. The van der Waals surface area contributed by atoms with Crippen LogP contribution in [0.3, 0.4) is 0 Å². The normalized spacial score (nSPS) is 18.6. The third-order valence-corrected chi connectivity index (χ3v) is 6.08. The highest BCUT2D eigenvalue weighted by molar-refractivity contribution is 7.91. The molecule has 2 aromatic rings. The van der Waals surface area contributed by atoms with E-state index >= 15 is 0 Å². The zero-order valence-corrected chi connectivity index (χ0v) is 16.2. The lowest BCUT2D eigenvalue weighted by Crippen LogP contribution is -2.45. The predicted octanol–water partition coefficient (Wildman–Crippen LogP) is 0.713. The standard InChI is InChI=1S/C17H23N5O4S/c1-13(2)9-21(15-6-7-27(24,25)11-15)17(23)10-26-16-5-3-4-14(8-16)22-12-18-19-20-22/h3-5,8,12-13,15H,6-7,9-11H2,1-2H3/t15-/m0/s1. The van der Waals surface area contributed by atoms with E-state index in [-0.39, 0.29) is 36.0 Å². The van der Waals surface area contributed by atoms with Gasteiger partial charge in [-0.25, -0.2) is 13.1 Å². The summed E-state index contributed by atoms with van der Waals surface area (Å²) in [6.45, 7) is 4.36. The average molecular weight is 393 g/mol. The minimum absolute atomic E-state index is 0.0280. The zero-order valence-electron chi connectivity index (χ0n) is 15.4. The number of hydrogen-bond acceptors (Lipinski definition) is 7. The first-order valence-electron chi connectivity index (χ1n) is 8.80. The van der Waals surface area contributed by atoms with Crippen molar-refractivity contribution >= 4 is 15.7 Å². The van der Waals surface area contributed by atoms with Crippen LogP contribution in [0.4, 0.5) is 0 Å². The van der Waals surface area contributed by atoms with E-state index in [9.17, 15) is 13.2 Å². The number of amides is 1. The van der Waals surface area contributed by atoms with Gasteiger partial charge in [-0.1, -0.05) is 19.9 Å². The molecule has 0 radical (unpaired) electrons. The second-order valence-corrected chi connectivity index (χ2v) is 9.27. The summed E-state index contributed by atoms with van der Waals surface area (Å²) in [5.41, 5.74) is 0.714. The first-order valence-corrected chi connectivity index (χ1v) is 10.6. The lowest BCUT2D eigenvalue weighted by atomic mass is 10.1. The van der Waals surface area contributed by atoms with Crippen molar-refractivity contribution in [2.24, 2.45) is 5.92 Å². The average Bonchev–Trinajstić information content (AvgIpc) is 3.27. The maximum absolute atomic E-state index is 12.7. The third kappa shape index (κ3) is 5.03. The first-order chi connectivity index (χ1) is 12.8. The highest BCUT2D eigenvalue weighted by Crippen LogP contribution is 2.20. The molecule has 0 unspecified atom stereocenters. The quantitative estimate of drug-likeness (QED) is 0.682. The van der Waals surface area contributed by atoms with E-state index in [0.717, 1.165) is 0 Å². The van der Waals surface area contributed by atoms with Gasteiger partial charge in [-0.05, 0) is 34.9 Å². The number of hydrogen-bond donors (Lipinski definition) is 0. The zero-order chi connectivity index (χ0) is 19.4. The molecule has 2 heterocycles. The fourth-order valence-electron chi connectivity index (χ4n) is 3.09. The van der Waals surface area contributed by atoms with Crippen LogP contribution in [0.1, 0.15) is 20.3 Å². The van der Waals surface area contributed by atoms with Crippen molar-refractivity contribution in [3.05, 3.63) is 30.6 Å². The van der Waals surface area contributed by atoms with E-state index in [4.69, 9.17) is 4.74 Å². The van der Waals surface area contributed by atoms with Gasteiger partial charge in [0.2, 0.25) is 0 Å². The van der Waals surface area contributed by atoms with Crippen LogP contribution in [-0.2, 0) is 14.6 Å². The maximum atomic E-state index is 12.7. The Bertz CT molecular complexity index is 882. The molecule has 27 heavy (non-hydrogen) atoms. The summed E-state index contributed by atoms with van der Waals surface area (Å²) < 4.78 is 30.7. The van der Waals surface area contributed by atoms with Gasteiger partial charge in [0.25, 0.3) is 5.91 Å². The van der Waals surface area contributed by atoms with E-state index < -0.39 is 9.84 Å². The van der Waals surface area contributed by atoms with Gasteiger partial charge in [0.05, 0.1) is 17.2 Å². The molecule has 9 nitrogen and oxygen atoms in total. The fourth-order valence-corrected chi connectivity index (χ4v) is 4.82. The summed E-state index contributed by atoms with van der Waals surface area (Å²) >= 11 is 0. The van der Waals surface area contributed by atoms with Crippen LogP contribution in [0.15, 0.2) is 30.6 Å². The Morgan fingerprint density at radius 3 is 2.85 bits per heavy atom. The molecule has 0 N–H and O–H groups in total. The second-order valence-electron chi connectivity index (χ2n) is 7.04. The number of rotatable bonds is 7. The Balaban J connectivity index is 1.66. The minimum atomic E-state index is -3.06. The van der Waals surface area contributed by atoms with Gasteiger partial charge in [-0.3, -0.25) is 4.79 Å². The molecule has 1 fully saturated rings. The van der Waals surface area contributed by atoms with Crippen LogP contribution in [0.25, 0.3) is 5.69 Å². The van der Waals surface area contributed by atoms with E-state index in [1.54, 1.807) is 23.1 Å². The van der Waals surface area contributed by atoms with Crippen molar-refractivity contribution in [2.45, 2.75) is 26.3 Å². The predicted molar refractivity (Wildman–Crippen MR) is 98.3 cm³/mol. The topological polar surface area (TPSA) is 107 Å². The number of tetrazole rings is 1. The molecule has 146 valence electrons. The van der Waals surface area contributed by atoms with Crippen LogP contribution < -0.4 is 4.74 Å². The Labute approximate surface area is 158 Å². The van der Waals surface area contributed by atoms with Gasteiger partial charge in [0, 0.05) is 18.7 Å². The number of ether oxygens (including phenoxy) is 1. The van der Waals surface area contributed by atoms with Crippen molar-refractivity contribution in [1.29, 1.82) is 0 Å². The van der Waals surface area contributed by atoms with Crippen LogP contribution in [0.5, 0.6) is 5.75 Å². The summed E-state index contributed by atoms with van der Waals surface area (Å²) in [5.74, 6) is 0.702. The largest absolute Gasteiger partial charge is 0.484 e. The SMILES string of the molecule is CC(C)CN(C(=O)COc1cccc(-n2cnnn2)c1)[C@H]1CCS(=O)(=O)C1. The second kappa shape index (κ2) is 8.03. The summed E-state index contributed by atoms with van der Waals surface area (Å²) in [7, 11) is -3.06. The van der Waals surface area contributed by atoms with Crippen molar-refractivity contribution in [1.82, 2.24) is 25.1 Å². The van der Waals surface area contributed by atoms with E-state index in [0.29, 0.717) is 24.4 Å². The minimum Gasteiger partial charge on any atom is -0.484 e. The molecule has 1 aliphatic heterocycles. The molecular formula is C17H23N5O4S. The summed E-state index contributed by atoms with van der Waals surface area (Å²) in [4.78, 5) is 14.4. The van der Waals surface area contributed by atoms with Crippen LogP contribution in [0.2, 0.25) is 0 Å². The van der Waals surface area contributed by atoms with Gasteiger partial charge in [-0.2, -0.15) is 0 Å². The van der Waals surface area contributed by atoms with Crippen molar-refractivity contribution in [3.63, 3.8) is 0 Å². The molecule has 1 saturated heterocycles. The summed E-state index contributed by atoms with van der Waals surface area (Å²) in [6.07, 6.45) is 1.95. The Morgan fingerprint density at radius 1 is 1.41 bits per heavy atom. The molecular weight excluding hydrogens is 370 g/mol. The highest BCUT2D eigenvalue weighted by atomic mass is 32.2. The molecule has 10 heteroatoms. The highest BCUT2D eigenvalue weighted by Gasteiger charge is 2.34. The third-order valence-electron chi connectivity index (χ3n) is 4.32. The van der Waals surface area contributed by atoms with Gasteiger partial charge in [-0.15, -0.1) is 5.10 Å². The number of sulfone groups is 1. The number of aromatic nitrogens is 4. The molecule has 1 aromatic heterocycles. The number of nitrogens with zero attached hydrogens (tertiary/aromatic N) is 5. The van der Waals surface area contributed by atoms with Crippen molar-refractivity contribution in [3.8, 4) is 11.4 Å². The number of carbonyl (C=O) groups excluding carboxylic acids is 1. The molecule has 3 rings (SSSR count). The van der Waals surface area contributed by atoms with Crippen molar-refractivity contribution < 1.29 is 17.9 Å². The first kappa shape index (κ1) is 19.3. The lowest BCUT2D eigenvalue weighted by molar-refractivity contribution is -0.135. The van der Waals surface area contributed by atoms with Gasteiger partial charge >= 0.3 is 0 Å². The monoisotopic (exact) mass is 393 g/mol. The molecule has 1 amide bonds. The lowest BCUT2D eigenvalue weighted by Gasteiger charge is -2.30. The van der Waals surface area contributed by atoms with Gasteiger partial charge in [0.15, 0.2) is 16.4 Å². The van der Waals surface area contributed by atoms with Gasteiger partial charge < -0.3 is 9.64 Å². The van der Waals surface area contributed by atoms with Gasteiger partial charge in [0.1, 0.15) is 12.1 Å². The van der Waals surface area contributed by atoms with Crippen LogP contribution in [-0.4, -0.2) is 70.1 Å². The van der Waals surface area contributed by atoms with E-state index in [2.05, 4.69) is 15.5 Å². The molecule has 0 saturated carbocycles. The van der Waals surface area contributed by atoms with Crippen LogP contribution >= 0.6 is 0 Å². The molecule has 1 aliphatic rings.